The molecular weight excluding hydrogens is 217 g/mol. The molecule has 1 aromatic rings. The van der Waals surface area contributed by atoms with E-state index in [1.807, 2.05) is 0 Å². The van der Waals surface area contributed by atoms with Crippen molar-refractivity contribution in [2.75, 3.05) is 0 Å². The van der Waals surface area contributed by atoms with Gasteiger partial charge in [0.25, 0.3) is 6.43 Å². The summed E-state index contributed by atoms with van der Waals surface area (Å²) in [6.45, 7) is 0. The molecule has 0 N–H and O–H groups in total. The van der Waals surface area contributed by atoms with Crippen molar-refractivity contribution in [2.24, 2.45) is 0 Å². The summed E-state index contributed by atoms with van der Waals surface area (Å²) in [5, 5.41) is 0.761. The first-order valence-electron chi connectivity index (χ1n) is 3.34. The van der Waals surface area contributed by atoms with Crippen LogP contribution < -0.4 is 0 Å². The molecule has 0 radical (unpaired) electrons. The van der Waals surface area contributed by atoms with E-state index in [-0.39, 0.29) is 0 Å². The van der Waals surface area contributed by atoms with Crippen LogP contribution in [0.2, 0.25) is 10.0 Å². The van der Waals surface area contributed by atoms with Gasteiger partial charge in [0, 0.05) is 15.6 Å². The average Bonchev–Trinajstić information content (AvgIpc) is 1.99. The second kappa shape index (κ2) is 4.45. The largest absolute Gasteiger partial charge is 0.299 e. The van der Waals surface area contributed by atoms with Gasteiger partial charge in [0.05, 0.1) is 0 Å². The van der Waals surface area contributed by atoms with Gasteiger partial charge in [0.15, 0.2) is 0 Å². The minimum absolute atomic E-state index is 0.381. The molecule has 0 atom stereocenters. The molecule has 0 saturated carbocycles. The molecule has 4 heteroatoms. The van der Waals surface area contributed by atoms with E-state index in [9.17, 15) is 8.78 Å². The summed E-state index contributed by atoms with van der Waals surface area (Å²) < 4.78 is 23.4. The summed E-state index contributed by atoms with van der Waals surface area (Å²) in [4.78, 5) is 0. The maximum Gasteiger partial charge on any atom is 0.299 e. The van der Waals surface area contributed by atoms with Crippen LogP contribution in [0.4, 0.5) is 8.78 Å². The summed E-state index contributed by atoms with van der Waals surface area (Å²) in [6.07, 6.45) is -2.64. The van der Waals surface area contributed by atoms with Crippen molar-refractivity contribution in [1.29, 1.82) is 0 Å². The van der Waals surface area contributed by atoms with E-state index in [0.29, 0.717) is 15.6 Å². The van der Waals surface area contributed by atoms with Crippen LogP contribution in [0, 0.1) is 11.8 Å². The lowest BCUT2D eigenvalue weighted by atomic mass is 10.2. The molecule has 0 heterocycles. The van der Waals surface area contributed by atoms with Gasteiger partial charge in [-0.1, -0.05) is 29.1 Å². The van der Waals surface area contributed by atoms with Crippen LogP contribution in [0.15, 0.2) is 18.2 Å². The van der Waals surface area contributed by atoms with Crippen LogP contribution in [0.5, 0.6) is 0 Å². The average molecular weight is 221 g/mol. The highest BCUT2D eigenvalue weighted by Crippen LogP contribution is 2.18. The Morgan fingerprint density at radius 1 is 1.08 bits per heavy atom. The van der Waals surface area contributed by atoms with E-state index in [0.717, 1.165) is 0 Å². The second-order valence-electron chi connectivity index (χ2n) is 2.23. The van der Waals surface area contributed by atoms with E-state index in [1.54, 1.807) is 5.92 Å². The number of hydrogen-bond acceptors (Lipinski definition) is 0. The number of alkyl halides is 2. The Labute approximate surface area is 84.5 Å². The summed E-state index contributed by atoms with van der Waals surface area (Å²) >= 11 is 11.3. The van der Waals surface area contributed by atoms with Crippen molar-refractivity contribution in [2.45, 2.75) is 6.43 Å². The topological polar surface area (TPSA) is 0 Å². The minimum atomic E-state index is -2.64. The fraction of sp³-hybridized carbons (Fsp3) is 0.111. The zero-order valence-corrected chi connectivity index (χ0v) is 7.83. The van der Waals surface area contributed by atoms with Gasteiger partial charge in [0.1, 0.15) is 0 Å². The maximum absolute atomic E-state index is 11.7. The predicted octanol–water partition coefficient (Wildman–Crippen LogP) is 3.61. The maximum atomic E-state index is 11.7. The molecule has 0 unspecified atom stereocenters. The quantitative estimate of drug-likeness (QED) is 0.587. The summed E-state index contributed by atoms with van der Waals surface area (Å²) in [5.41, 5.74) is 0.387. The molecule has 68 valence electrons. The SMILES string of the molecule is FC(F)C#Cc1cc(Cl)cc(Cl)c1. The highest BCUT2D eigenvalue weighted by atomic mass is 35.5. The molecule has 0 fully saturated rings. The Kier molecular flexibility index (Phi) is 3.53. The predicted molar refractivity (Wildman–Crippen MR) is 49.3 cm³/mol. The highest BCUT2D eigenvalue weighted by Gasteiger charge is 1.96. The third-order valence-corrected chi connectivity index (χ3v) is 1.62. The smallest absolute Gasteiger partial charge is 0.196 e. The van der Waals surface area contributed by atoms with Gasteiger partial charge < -0.3 is 0 Å². The van der Waals surface area contributed by atoms with Crippen molar-refractivity contribution in [1.82, 2.24) is 0 Å². The van der Waals surface area contributed by atoms with Gasteiger partial charge in [0.2, 0.25) is 0 Å². The molecule has 0 aliphatic rings. The third kappa shape index (κ3) is 3.63. The summed E-state index contributed by atoms with van der Waals surface area (Å²) in [7, 11) is 0. The molecular formula is C9H4Cl2F2. The van der Waals surface area contributed by atoms with Gasteiger partial charge in [-0.25, -0.2) is 0 Å². The lowest BCUT2D eigenvalue weighted by Gasteiger charge is -1.94. The Morgan fingerprint density at radius 2 is 1.62 bits per heavy atom. The van der Waals surface area contributed by atoms with Gasteiger partial charge in [-0.05, 0) is 24.1 Å². The number of rotatable bonds is 0. The zero-order chi connectivity index (χ0) is 9.84. The molecule has 1 aromatic carbocycles. The molecule has 0 aliphatic heterocycles. The van der Waals surface area contributed by atoms with Crippen molar-refractivity contribution in [3.63, 3.8) is 0 Å². The van der Waals surface area contributed by atoms with Crippen molar-refractivity contribution < 1.29 is 8.78 Å². The van der Waals surface area contributed by atoms with E-state index >= 15 is 0 Å². The van der Waals surface area contributed by atoms with E-state index in [2.05, 4.69) is 5.92 Å². The lowest BCUT2D eigenvalue weighted by molar-refractivity contribution is 0.215. The van der Waals surface area contributed by atoms with Crippen LogP contribution in [0.1, 0.15) is 5.56 Å². The van der Waals surface area contributed by atoms with E-state index in [1.165, 1.54) is 18.2 Å². The first kappa shape index (κ1) is 10.3. The Hall–Kier alpha value is -0.780. The van der Waals surface area contributed by atoms with Crippen LogP contribution in [0.3, 0.4) is 0 Å². The van der Waals surface area contributed by atoms with Gasteiger partial charge >= 0.3 is 0 Å². The Morgan fingerprint density at radius 3 is 2.08 bits per heavy atom. The third-order valence-electron chi connectivity index (χ3n) is 1.19. The Bertz CT molecular complexity index is 343. The summed E-state index contributed by atoms with van der Waals surface area (Å²) in [5.74, 6) is 3.97. The fourth-order valence-electron chi connectivity index (χ4n) is 0.764. The summed E-state index contributed by atoms with van der Waals surface area (Å²) in [6, 6.07) is 4.46. The Balaban J connectivity index is 2.98. The molecule has 13 heavy (non-hydrogen) atoms. The van der Waals surface area contributed by atoms with Crippen molar-refractivity contribution in [3.8, 4) is 11.8 Å². The molecule has 0 saturated heterocycles. The van der Waals surface area contributed by atoms with E-state index in [4.69, 9.17) is 23.2 Å². The molecule has 0 aliphatic carbocycles. The van der Waals surface area contributed by atoms with Gasteiger partial charge in [-0.3, -0.25) is 0 Å². The van der Waals surface area contributed by atoms with Crippen LogP contribution in [-0.2, 0) is 0 Å². The molecule has 0 amide bonds. The zero-order valence-electron chi connectivity index (χ0n) is 6.32. The molecule has 0 nitrogen and oxygen atoms in total. The van der Waals surface area contributed by atoms with Crippen LogP contribution in [-0.4, -0.2) is 6.43 Å². The van der Waals surface area contributed by atoms with Crippen LogP contribution in [0.25, 0.3) is 0 Å². The number of benzene rings is 1. The monoisotopic (exact) mass is 220 g/mol. The number of halogens is 4. The number of hydrogen-bond donors (Lipinski definition) is 0. The molecule has 0 aromatic heterocycles. The first-order valence-corrected chi connectivity index (χ1v) is 4.09. The minimum Gasteiger partial charge on any atom is -0.196 e. The standard InChI is InChI=1S/C9H4Cl2F2/c10-7-3-6(1-2-9(12)13)4-8(11)5-7/h3-5,9H. The van der Waals surface area contributed by atoms with Gasteiger partial charge in [-0.2, -0.15) is 8.78 Å². The highest BCUT2D eigenvalue weighted by molar-refractivity contribution is 6.34. The molecule has 0 spiro atoms. The van der Waals surface area contributed by atoms with E-state index < -0.39 is 6.43 Å². The normalized spacial score (nSPS) is 9.62. The van der Waals surface area contributed by atoms with Crippen molar-refractivity contribution >= 4 is 23.2 Å². The van der Waals surface area contributed by atoms with Gasteiger partial charge in [-0.15, -0.1) is 0 Å². The van der Waals surface area contributed by atoms with Crippen molar-refractivity contribution in [3.05, 3.63) is 33.8 Å². The first-order chi connectivity index (χ1) is 6.08. The lowest BCUT2D eigenvalue weighted by Crippen LogP contribution is -1.82. The molecule has 0 bridgehead atoms. The second-order valence-corrected chi connectivity index (χ2v) is 3.10. The fourth-order valence-corrected chi connectivity index (χ4v) is 1.29. The van der Waals surface area contributed by atoms with Crippen LogP contribution >= 0.6 is 23.2 Å². The molecule has 1 rings (SSSR count).